The second kappa shape index (κ2) is 12.1. The molecule has 3 aromatic carbocycles. The number of barbiturate groups is 1. The molecule has 1 heterocycles. The summed E-state index contributed by atoms with van der Waals surface area (Å²) in [5, 5.41) is 25.1. The Kier molecular flexibility index (Phi) is 8.54. The summed E-state index contributed by atoms with van der Waals surface area (Å²) in [5.74, 6) is -2.10. The molecule has 0 spiro atoms. The molecule has 0 atom stereocenters. The summed E-state index contributed by atoms with van der Waals surface area (Å²) < 4.78 is 11.3. The molecular formula is C27H18Cl2N4O9. The Balaban J connectivity index is 1.78. The molecule has 0 radical (unpaired) electrons. The number of non-ortho nitro benzene ring substituents is 1. The Labute approximate surface area is 246 Å². The van der Waals surface area contributed by atoms with Crippen molar-refractivity contribution < 1.29 is 33.7 Å². The van der Waals surface area contributed by atoms with Gasteiger partial charge in [0.05, 0.1) is 38.8 Å². The lowest BCUT2D eigenvalue weighted by Crippen LogP contribution is -2.54. The molecule has 0 bridgehead atoms. The molecule has 4 rings (SSSR count). The maximum Gasteiger partial charge on any atom is 0.335 e. The van der Waals surface area contributed by atoms with Crippen molar-refractivity contribution in [2.24, 2.45) is 0 Å². The molecule has 1 aliphatic heterocycles. The summed E-state index contributed by atoms with van der Waals surface area (Å²) in [6, 6.07) is 8.90. The lowest BCUT2D eigenvalue weighted by atomic mass is 10.0. The Morgan fingerprint density at radius 2 is 1.71 bits per heavy atom. The number of nitro benzene ring substituents is 2. The Morgan fingerprint density at radius 3 is 2.33 bits per heavy atom. The number of halogens is 2. The highest BCUT2D eigenvalue weighted by atomic mass is 35.5. The third-order valence-corrected chi connectivity index (χ3v) is 6.61. The van der Waals surface area contributed by atoms with E-state index in [-0.39, 0.29) is 45.0 Å². The SMILES string of the molecule is C=CCc1cc(/C=C2\C(=O)NC(=O)N(c3ccc(Cl)c(Cl)c3)C2=O)cc(OC)c1Oc1ccc([N+](=O)[O-])cc1[N+](=O)[O-]. The minimum Gasteiger partial charge on any atom is -0.493 e. The van der Waals surface area contributed by atoms with Gasteiger partial charge in [0.1, 0.15) is 5.57 Å². The number of nitro groups is 2. The van der Waals surface area contributed by atoms with Gasteiger partial charge in [-0.05, 0) is 54.5 Å². The Hall–Kier alpha value is -5.27. The van der Waals surface area contributed by atoms with Crippen LogP contribution < -0.4 is 19.7 Å². The zero-order chi connectivity index (χ0) is 30.7. The number of hydrogen-bond acceptors (Lipinski definition) is 9. The third kappa shape index (κ3) is 5.92. The summed E-state index contributed by atoms with van der Waals surface area (Å²) in [4.78, 5) is 60.4. The zero-order valence-electron chi connectivity index (χ0n) is 21.5. The minimum atomic E-state index is -0.987. The molecule has 3 aromatic rings. The van der Waals surface area contributed by atoms with Gasteiger partial charge < -0.3 is 9.47 Å². The second-order valence-electron chi connectivity index (χ2n) is 8.53. The third-order valence-electron chi connectivity index (χ3n) is 5.87. The number of urea groups is 1. The molecule has 1 aliphatic rings. The van der Waals surface area contributed by atoms with Crippen molar-refractivity contribution in [1.82, 2.24) is 5.32 Å². The zero-order valence-corrected chi connectivity index (χ0v) is 23.0. The maximum atomic E-state index is 13.3. The van der Waals surface area contributed by atoms with Gasteiger partial charge in [-0.2, -0.15) is 0 Å². The van der Waals surface area contributed by atoms with E-state index in [9.17, 15) is 34.6 Å². The number of carbonyl (C=O) groups excluding carboxylic acids is 3. The fourth-order valence-corrected chi connectivity index (χ4v) is 4.27. The monoisotopic (exact) mass is 612 g/mol. The van der Waals surface area contributed by atoms with Crippen molar-refractivity contribution in [3.63, 3.8) is 0 Å². The highest BCUT2D eigenvalue weighted by Gasteiger charge is 2.37. The molecule has 214 valence electrons. The molecule has 4 amide bonds. The van der Waals surface area contributed by atoms with Crippen LogP contribution in [0.25, 0.3) is 6.08 Å². The second-order valence-corrected chi connectivity index (χ2v) is 9.34. The van der Waals surface area contributed by atoms with Gasteiger partial charge in [-0.1, -0.05) is 29.3 Å². The van der Waals surface area contributed by atoms with E-state index in [1.165, 1.54) is 49.6 Å². The van der Waals surface area contributed by atoms with Crippen molar-refractivity contribution >= 4 is 64.2 Å². The summed E-state index contributed by atoms with van der Waals surface area (Å²) >= 11 is 12.0. The number of benzene rings is 3. The molecule has 15 heteroatoms. The summed E-state index contributed by atoms with van der Waals surface area (Å²) in [6.07, 6.45) is 2.88. The van der Waals surface area contributed by atoms with Crippen LogP contribution in [-0.2, 0) is 16.0 Å². The summed E-state index contributed by atoms with van der Waals surface area (Å²) in [5.41, 5.74) is -0.826. The van der Waals surface area contributed by atoms with Crippen LogP contribution in [0, 0.1) is 20.2 Å². The van der Waals surface area contributed by atoms with E-state index in [0.717, 1.165) is 23.1 Å². The maximum absolute atomic E-state index is 13.3. The number of nitrogens with zero attached hydrogens (tertiary/aromatic N) is 3. The molecule has 0 saturated carbocycles. The first-order valence-corrected chi connectivity index (χ1v) is 12.5. The predicted molar refractivity (Wildman–Crippen MR) is 152 cm³/mol. The molecule has 1 N–H and O–H groups in total. The first kappa shape index (κ1) is 29.7. The first-order chi connectivity index (χ1) is 19.9. The van der Waals surface area contributed by atoms with Crippen molar-refractivity contribution in [3.8, 4) is 17.2 Å². The van der Waals surface area contributed by atoms with Crippen LogP contribution in [0.1, 0.15) is 11.1 Å². The van der Waals surface area contributed by atoms with Crippen molar-refractivity contribution in [2.45, 2.75) is 6.42 Å². The number of ether oxygens (including phenoxy) is 2. The van der Waals surface area contributed by atoms with E-state index in [1.54, 1.807) is 0 Å². The van der Waals surface area contributed by atoms with E-state index < -0.39 is 44.6 Å². The van der Waals surface area contributed by atoms with E-state index in [0.29, 0.717) is 5.56 Å². The molecule has 0 aromatic heterocycles. The van der Waals surface area contributed by atoms with Gasteiger partial charge in [0.2, 0.25) is 5.75 Å². The van der Waals surface area contributed by atoms with Crippen LogP contribution in [0.15, 0.2) is 66.8 Å². The number of nitrogens with one attached hydrogen (secondary N) is 1. The Bertz CT molecular complexity index is 1720. The minimum absolute atomic E-state index is 0.0311. The number of hydrogen-bond donors (Lipinski definition) is 1. The number of anilines is 1. The fourth-order valence-electron chi connectivity index (χ4n) is 3.98. The Morgan fingerprint density at radius 1 is 0.976 bits per heavy atom. The van der Waals surface area contributed by atoms with Crippen LogP contribution >= 0.6 is 23.2 Å². The van der Waals surface area contributed by atoms with E-state index in [2.05, 4.69) is 11.9 Å². The summed E-state index contributed by atoms with van der Waals surface area (Å²) in [6.45, 7) is 3.69. The highest BCUT2D eigenvalue weighted by Crippen LogP contribution is 2.41. The van der Waals surface area contributed by atoms with Gasteiger partial charge in [0.25, 0.3) is 17.5 Å². The first-order valence-electron chi connectivity index (χ1n) is 11.7. The normalized spacial score (nSPS) is 14.0. The number of methoxy groups -OCH3 is 1. The van der Waals surface area contributed by atoms with Crippen molar-refractivity contribution in [1.29, 1.82) is 0 Å². The standard InChI is InChI=1S/C27H18Cl2N4O9/c1-3-4-15-9-14(10-18-25(34)30-27(36)31(26(18)35)16-5-7-19(28)20(29)12-16)11-23(41-2)24(15)42-22-8-6-17(32(37)38)13-21(22)33(39)40/h3,5-13H,1,4H2,2H3,(H,30,34,36)/b18-10+. The topological polar surface area (TPSA) is 171 Å². The average molecular weight is 613 g/mol. The molecule has 42 heavy (non-hydrogen) atoms. The lowest BCUT2D eigenvalue weighted by molar-refractivity contribution is -0.394. The number of amides is 4. The van der Waals surface area contributed by atoms with Crippen LogP contribution in [0.4, 0.5) is 21.9 Å². The lowest BCUT2D eigenvalue weighted by Gasteiger charge is -2.26. The smallest absolute Gasteiger partial charge is 0.335 e. The number of allylic oxidation sites excluding steroid dienone is 1. The van der Waals surface area contributed by atoms with Gasteiger partial charge in [-0.25, -0.2) is 9.69 Å². The molecular weight excluding hydrogens is 595 g/mol. The highest BCUT2D eigenvalue weighted by molar-refractivity contribution is 6.43. The molecule has 0 unspecified atom stereocenters. The fraction of sp³-hybridized carbons (Fsp3) is 0.0741. The van der Waals surface area contributed by atoms with Crippen LogP contribution in [0.2, 0.25) is 10.0 Å². The number of rotatable bonds is 9. The molecule has 0 aliphatic carbocycles. The van der Waals surface area contributed by atoms with Crippen LogP contribution in [-0.4, -0.2) is 34.8 Å². The van der Waals surface area contributed by atoms with Crippen LogP contribution in [0.5, 0.6) is 17.2 Å². The van der Waals surface area contributed by atoms with E-state index in [1.807, 2.05) is 0 Å². The largest absolute Gasteiger partial charge is 0.493 e. The predicted octanol–water partition coefficient (Wildman–Crippen LogP) is 6.01. The van der Waals surface area contributed by atoms with Gasteiger partial charge in [0.15, 0.2) is 11.5 Å². The van der Waals surface area contributed by atoms with Gasteiger partial charge >= 0.3 is 11.7 Å². The molecule has 13 nitrogen and oxygen atoms in total. The molecule has 1 saturated heterocycles. The van der Waals surface area contributed by atoms with E-state index in [4.69, 9.17) is 32.7 Å². The quantitative estimate of drug-likeness (QED) is 0.0998. The van der Waals surface area contributed by atoms with Gasteiger partial charge in [-0.3, -0.25) is 35.1 Å². The average Bonchev–Trinajstić information content (AvgIpc) is 2.94. The summed E-state index contributed by atoms with van der Waals surface area (Å²) in [7, 11) is 1.30. The molecule has 1 fully saturated rings. The number of carbonyl (C=O) groups is 3. The van der Waals surface area contributed by atoms with E-state index >= 15 is 0 Å². The van der Waals surface area contributed by atoms with Crippen molar-refractivity contribution in [3.05, 3.63) is 108 Å². The number of imide groups is 2. The van der Waals surface area contributed by atoms with Crippen LogP contribution in [0.3, 0.4) is 0 Å². The van der Waals surface area contributed by atoms with Gasteiger partial charge in [0, 0.05) is 11.6 Å². The van der Waals surface area contributed by atoms with Crippen molar-refractivity contribution in [2.75, 3.05) is 12.0 Å². The van der Waals surface area contributed by atoms with Gasteiger partial charge in [-0.15, -0.1) is 6.58 Å².